The van der Waals surface area contributed by atoms with Crippen molar-refractivity contribution in [1.29, 1.82) is 0 Å². The fourth-order valence-corrected chi connectivity index (χ4v) is 16.4. The van der Waals surface area contributed by atoms with E-state index >= 15 is 0 Å². The van der Waals surface area contributed by atoms with Crippen molar-refractivity contribution in [3.63, 3.8) is 0 Å². The van der Waals surface area contributed by atoms with Gasteiger partial charge in [0.1, 0.15) is 28.9 Å². The van der Waals surface area contributed by atoms with Crippen LogP contribution in [0.3, 0.4) is 0 Å². The first-order chi connectivity index (χ1) is 56.6. The van der Waals surface area contributed by atoms with Gasteiger partial charge in [0.2, 0.25) is 0 Å². The van der Waals surface area contributed by atoms with Gasteiger partial charge in [-0.25, -0.2) is 4.79 Å². The van der Waals surface area contributed by atoms with E-state index in [1.165, 1.54) is 56.4 Å². The Morgan fingerprint density at radius 1 is 0.453 bits per heavy atom. The summed E-state index contributed by atoms with van der Waals surface area (Å²) >= 11 is 1.47. The number of hydrogen-bond donors (Lipinski definition) is 0. The van der Waals surface area contributed by atoms with Gasteiger partial charge < -0.3 is 66.1 Å². The first-order valence-corrected chi connectivity index (χ1v) is 39.4. The van der Waals surface area contributed by atoms with E-state index < -0.39 is 48.8 Å². The standard InChI is InChI=1S/C24H27N3O3.C22H22N4O5.C19H18N4O5.C19H18N4O4S/c1-3-30-24(29)21-22(19-11-7-8-12-20(19)25(2)23(21)28)27-15-13-26(14-16-27)17-18-9-5-4-6-10-18;27-21(18-6-3-13-31-18)24-11-9-23(10-12-24)19-16-4-1-2-5-17(16)25(14-15-7-8-15)22(28)20(19)26(29)30;2*1-20-15-5-3-2-4-14(15)16(17(19(20)25)23(26)27)21-7-9-22(10-8-21)18(24)13-6-11-28-12-13/h4-12H,3,13-17H2,1-2H3;1-6,13,15H,7-12,14H2;2*2-6,11-12H,7-10H2,1H3. The van der Waals surface area contributed by atoms with Crippen LogP contribution in [0.15, 0.2) is 209 Å². The molecule has 0 N–H and O–H groups in total. The molecule has 0 atom stereocenters. The Hall–Kier alpha value is -13.6. The molecule has 5 aromatic carbocycles. The Balaban J connectivity index is 0.000000129. The molecule has 0 spiro atoms. The molecule has 11 heterocycles. The highest BCUT2D eigenvalue weighted by molar-refractivity contribution is 7.08. The van der Waals surface area contributed by atoms with Gasteiger partial charge in [0.05, 0.1) is 72.8 Å². The summed E-state index contributed by atoms with van der Waals surface area (Å²) in [5.41, 5.74) is 3.69. The van der Waals surface area contributed by atoms with E-state index in [1.54, 1.807) is 113 Å². The van der Waals surface area contributed by atoms with Crippen LogP contribution in [-0.2, 0) is 39.0 Å². The topological polar surface area (TPSA) is 347 Å². The van der Waals surface area contributed by atoms with Gasteiger partial charge in [-0.05, 0) is 85.2 Å². The molecule has 1 saturated carbocycles. The lowest BCUT2D eigenvalue weighted by Crippen LogP contribution is -2.49. The molecular formula is C84H85N15O17S. The third kappa shape index (κ3) is 16.6. The maximum atomic E-state index is 13.2. The molecule has 5 fully saturated rings. The molecule has 0 unspecified atom stereocenters. The highest BCUT2D eigenvalue weighted by Crippen LogP contribution is 2.40. The van der Waals surface area contributed by atoms with Crippen molar-refractivity contribution in [3.05, 3.63) is 281 Å². The summed E-state index contributed by atoms with van der Waals surface area (Å²) < 4.78 is 21.1. The molecule has 5 aliphatic rings. The van der Waals surface area contributed by atoms with Gasteiger partial charge in [0.25, 0.3) is 23.3 Å². The second-order valence-corrected chi connectivity index (χ2v) is 29.7. The number of carbonyl (C=O) groups is 4. The Labute approximate surface area is 672 Å². The minimum absolute atomic E-state index is 0.0377. The lowest BCUT2D eigenvalue weighted by atomic mass is 10.1. The van der Waals surface area contributed by atoms with Crippen LogP contribution in [0, 0.1) is 36.3 Å². The van der Waals surface area contributed by atoms with Crippen LogP contribution in [0.5, 0.6) is 0 Å². The first-order valence-electron chi connectivity index (χ1n) is 38.4. The molecule has 604 valence electrons. The summed E-state index contributed by atoms with van der Waals surface area (Å²) in [6.07, 6.45) is 6.38. The highest BCUT2D eigenvalue weighted by atomic mass is 32.1. The number of esters is 1. The van der Waals surface area contributed by atoms with E-state index in [0.717, 1.165) is 56.5 Å². The Morgan fingerprint density at radius 3 is 1.31 bits per heavy atom. The molecule has 4 aliphatic heterocycles. The molecule has 117 heavy (non-hydrogen) atoms. The largest absolute Gasteiger partial charge is 0.472 e. The van der Waals surface area contributed by atoms with Crippen LogP contribution in [0.2, 0.25) is 0 Å². The molecule has 0 radical (unpaired) electrons. The summed E-state index contributed by atoms with van der Waals surface area (Å²) in [6.45, 7) is 11.5. The number of aryl methyl sites for hydroxylation is 3. The SMILES string of the molecule is CCOC(=O)c1c(N2CCN(Cc3ccccc3)CC2)c2ccccc2n(C)c1=O.Cn1c(=O)c([N+](=O)[O-])c(N2CCN(C(=O)c3ccoc3)CC2)c2ccccc21.Cn1c(=O)c([N+](=O)[O-])c(N2CCN(C(=O)c3ccsc3)CC2)c2ccccc21.O=C(c1ccco1)N1CCN(c2c([N+](=O)[O-])c(=O)n(CC3CC3)c3ccccc23)CC1. The number of rotatable bonds is 16. The minimum atomic E-state index is -0.643. The smallest absolute Gasteiger partial charge is 0.357 e. The molecule has 3 amide bonds. The second kappa shape index (κ2) is 35.0. The average Bonchev–Trinajstić information content (AvgIpc) is 1.41. The number of piperazine rings is 4. The fraction of sp³-hybridized carbons (Fsp3) is 0.310. The number of benzene rings is 5. The third-order valence-electron chi connectivity index (χ3n) is 21.9. The highest BCUT2D eigenvalue weighted by Gasteiger charge is 2.38. The summed E-state index contributed by atoms with van der Waals surface area (Å²) in [4.78, 5) is 151. The predicted molar refractivity (Wildman–Crippen MR) is 444 cm³/mol. The number of thiophene rings is 1. The number of hydrogen-bond acceptors (Lipinski definition) is 23. The normalized spacial score (nSPS) is 15.1. The van der Waals surface area contributed by atoms with E-state index in [-0.39, 0.29) is 46.9 Å². The minimum Gasteiger partial charge on any atom is -0.472 e. The number of pyridine rings is 4. The number of anilines is 4. The lowest BCUT2D eigenvalue weighted by molar-refractivity contribution is -0.385. The van der Waals surface area contributed by atoms with Crippen LogP contribution in [-0.4, -0.2) is 188 Å². The fourth-order valence-electron chi connectivity index (χ4n) is 15.8. The van der Waals surface area contributed by atoms with Crippen LogP contribution in [0.1, 0.15) is 67.0 Å². The molecular weight excluding hydrogens is 1520 g/mol. The van der Waals surface area contributed by atoms with Crippen molar-refractivity contribution in [2.24, 2.45) is 27.1 Å². The maximum Gasteiger partial charge on any atom is 0.357 e. The summed E-state index contributed by atoms with van der Waals surface area (Å²) in [5.74, 6) is -0.259. The number of furan rings is 2. The molecule has 17 rings (SSSR count). The number of nitro groups is 3. The van der Waals surface area contributed by atoms with Crippen molar-refractivity contribution < 1.29 is 47.5 Å². The van der Waals surface area contributed by atoms with Crippen molar-refractivity contribution in [2.45, 2.75) is 32.9 Å². The van der Waals surface area contributed by atoms with E-state index in [2.05, 4.69) is 34.1 Å². The third-order valence-corrected chi connectivity index (χ3v) is 22.6. The number of carbonyl (C=O) groups excluding carboxylic acids is 4. The van der Waals surface area contributed by atoms with E-state index in [0.29, 0.717) is 158 Å². The molecule has 12 aromatic rings. The zero-order valence-corrected chi connectivity index (χ0v) is 65.6. The molecule has 7 aromatic heterocycles. The van der Waals surface area contributed by atoms with Gasteiger partial charge in [-0.1, -0.05) is 103 Å². The Morgan fingerprint density at radius 2 is 0.872 bits per heavy atom. The molecule has 1 aliphatic carbocycles. The monoisotopic (exact) mass is 1610 g/mol. The second-order valence-electron chi connectivity index (χ2n) is 28.9. The Bertz CT molecular complexity index is 5810. The van der Waals surface area contributed by atoms with E-state index in [9.17, 15) is 68.7 Å². The van der Waals surface area contributed by atoms with Crippen LogP contribution in [0.4, 0.5) is 39.8 Å². The average molecular weight is 1610 g/mol. The predicted octanol–water partition coefficient (Wildman–Crippen LogP) is 10.4. The number of aromatic nitrogens is 4. The Kier molecular flexibility index (Phi) is 24.0. The van der Waals surface area contributed by atoms with Gasteiger partial charge in [0, 0.05) is 166 Å². The van der Waals surface area contributed by atoms with Gasteiger partial charge in [0.15, 0.2) is 5.76 Å². The van der Waals surface area contributed by atoms with Gasteiger partial charge >= 0.3 is 39.7 Å². The van der Waals surface area contributed by atoms with Crippen LogP contribution >= 0.6 is 11.3 Å². The summed E-state index contributed by atoms with van der Waals surface area (Å²) in [6, 6.07) is 46.5. The van der Waals surface area contributed by atoms with Gasteiger partial charge in [-0.2, -0.15) is 11.3 Å². The van der Waals surface area contributed by atoms with E-state index in [4.69, 9.17) is 13.6 Å². The number of ether oxygens (including phenoxy) is 1. The van der Waals surface area contributed by atoms with Crippen molar-refractivity contribution in [3.8, 4) is 0 Å². The number of para-hydroxylation sites is 4. The first kappa shape index (κ1) is 80.1. The zero-order chi connectivity index (χ0) is 82.3. The molecule has 0 bridgehead atoms. The van der Waals surface area contributed by atoms with Crippen molar-refractivity contribution in [1.82, 2.24) is 37.9 Å². The molecule has 33 heteroatoms. The zero-order valence-electron chi connectivity index (χ0n) is 64.8. The van der Waals surface area contributed by atoms with Crippen LogP contribution in [0.25, 0.3) is 43.6 Å². The molecule has 32 nitrogen and oxygen atoms in total. The quantitative estimate of drug-likeness (QED) is 0.0493. The maximum absolute atomic E-state index is 13.2. The number of fused-ring (bicyclic) bond motifs is 4. The van der Waals surface area contributed by atoms with Crippen LogP contribution < -0.4 is 41.8 Å². The van der Waals surface area contributed by atoms with Gasteiger partial charge in [-0.15, -0.1) is 0 Å². The van der Waals surface area contributed by atoms with Crippen molar-refractivity contribution in [2.75, 3.05) is 131 Å². The van der Waals surface area contributed by atoms with Crippen molar-refractivity contribution >= 4 is 118 Å². The molecule has 4 saturated heterocycles. The number of amides is 3. The number of nitrogens with zero attached hydrogens (tertiary/aromatic N) is 15. The lowest BCUT2D eigenvalue weighted by Gasteiger charge is -2.37. The summed E-state index contributed by atoms with van der Waals surface area (Å²) in [5, 5.41) is 42.0. The van der Waals surface area contributed by atoms with Gasteiger partial charge in [-0.3, -0.25) is 68.8 Å². The summed E-state index contributed by atoms with van der Waals surface area (Å²) in [7, 11) is 4.77. The van der Waals surface area contributed by atoms with E-state index in [1.807, 2.05) is 80.1 Å².